The van der Waals surface area contributed by atoms with Gasteiger partial charge in [0.2, 0.25) is 0 Å². The van der Waals surface area contributed by atoms with Gasteiger partial charge in [0.05, 0.1) is 13.2 Å². The zero-order chi connectivity index (χ0) is 11.7. The molecule has 1 aromatic carbocycles. The van der Waals surface area contributed by atoms with Crippen molar-refractivity contribution in [3.05, 3.63) is 29.8 Å². The zero-order valence-electron chi connectivity index (χ0n) is 10.2. The van der Waals surface area contributed by atoms with E-state index in [2.05, 4.69) is 30.4 Å². The Kier molecular flexibility index (Phi) is 2.81. The maximum Gasteiger partial charge on any atom is 0.136 e. The monoisotopic (exact) mass is 233 g/mol. The molecule has 2 atom stereocenters. The molecule has 0 radical (unpaired) electrons. The van der Waals surface area contributed by atoms with Crippen molar-refractivity contribution in [2.45, 2.75) is 31.4 Å². The highest BCUT2D eigenvalue weighted by Gasteiger charge is 2.43. The molecule has 2 aliphatic heterocycles. The van der Waals surface area contributed by atoms with Crippen molar-refractivity contribution in [2.24, 2.45) is 0 Å². The second-order valence-corrected chi connectivity index (χ2v) is 4.94. The van der Waals surface area contributed by atoms with Crippen LogP contribution in [-0.4, -0.2) is 25.4 Å². The summed E-state index contributed by atoms with van der Waals surface area (Å²) < 4.78 is 11.7. The smallest absolute Gasteiger partial charge is 0.136 e. The maximum absolute atomic E-state index is 6.19. The molecule has 1 saturated heterocycles. The second kappa shape index (κ2) is 4.31. The van der Waals surface area contributed by atoms with E-state index >= 15 is 0 Å². The second-order valence-electron chi connectivity index (χ2n) is 4.94. The summed E-state index contributed by atoms with van der Waals surface area (Å²) >= 11 is 0. The van der Waals surface area contributed by atoms with Crippen LogP contribution in [0.1, 0.15) is 31.4 Å². The SMILES string of the molecule is CCNC1CC2(CCOC2)Oc2ccccc21. The number of rotatable bonds is 2. The molecule has 1 spiro atoms. The quantitative estimate of drug-likeness (QED) is 0.850. The molecule has 3 nitrogen and oxygen atoms in total. The molecule has 0 amide bonds. The van der Waals surface area contributed by atoms with Crippen molar-refractivity contribution in [3.63, 3.8) is 0 Å². The average Bonchev–Trinajstić information content (AvgIpc) is 2.77. The first-order chi connectivity index (χ1) is 8.33. The summed E-state index contributed by atoms with van der Waals surface area (Å²) in [6.07, 6.45) is 2.01. The van der Waals surface area contributed by atoms with Gasteiger partial charge in [-0.15, -0.1) is 0 Å². The van der Waals surface area contributed by atoms with E-state index in [1.54, 1.807) is 0 Å². The minimum absolute atomic E-state index is 0.0960. The first kappa shape index (κ1) is 11.1. The molecule has 2 aliphatic rings. The molecule has 1 fully saturated rings. The standard InChI is InChI=1S/C14H19NO2/c1-2-15-12-9-14(7-8-16-10-14)17-13-6-4-3-5-11(12)13/h3-6,12,15H,2,7-10H2,1H3. The Morgan fingerprint density at radius 1 is 1.41 bits per heavy atom. The number of nitrogens with one attached hydrogen (secondary N) is 1. The number of fused-ring (bicyclic) bond motifs is 1. The normalized spacial score (nSPS) is 31.2. The van der Waals surface area contributed by atoms with E-state index in [-0.39, 0.29) is 5.60 Å². The summed E-state index contributed by atoms with van der Waals surface area (Å²) in [6.45, 7) is 4.68. The summed E-state index contributed by atoms with van der Waals surface area (Å²) in [7, 11) is 0. The van der Waals surface area contributed by atoms with Gasteiger partial charge in [0.15, 0.2) is 0 Å². The number of para-hydroxylation sites is 1. The maximum atomic E-state index is 6.19. The van der Waals surface area contributed by atoms with Gasteiger partial charge in [0, 0.05) is 24.4 Å². The molecule has 1 aromatic rings. The van der Waals surface area contributed by atoms with Gasteiger partial charge in [-0.05, 0) is 12.6 Å². The van der Waals surface area contributed by atoms with Gasteiger partial charge in [0.1, 0.15) is 11.4 Å². The van der Waals surface area contributed by atoms with E-state index < -0.39 is 0 Å². The Morgan fingerprint density at radius 3 is 3.06 bits per heavy atom. The van der Waals surface area contributed by atoms with Crippen molar-refractivity contribution in [1.29, 1.82) is 0 Å². The van der Waals surface area contributed by atoms with Crippen LogP contribution in [0, 0.1) is 0 Å². The van der Waals surface area contributed by atoms with Crippen LogP contribution in [0.25, 0.3) is 0 Å². The molecule has 3 heteroatoms. The number of ether oxygens (including phenoxy) is 2. The summed E-state index contributed by atoms with van der Waals surface area (Å²) in [4.78, 5) is 0. The molecule has 17 heavy (non-hydrogen) atoms. The predicted octanol–water partition coefficient (Wildman–Crippen LogP) is 2.28. The largest absolute Gasteiger partial charge is 0.484 e. The summed E-state index contributed by atoms with van der Waals surface area (Å²) in [5.41, 5.74) is 1.19. The van der Waals surface area contributed by atoms with E-state index in [1.165, 1.54) is 5.56 Å². The molecule has 3 rings (SSSR count). The van der Waals surface area contributed by atoms with Crippen LogP contribution in [0.3, 0.4) is 0 Å². The fourth-order valence-electron chi connectivity index (χ4n) is 2.88. The molecular formula is C14H19NO2. The third-order valence-corrected chi connectivity index (χ3v) is 3.71. The van der Waals surface area contributed by atoms with Crippen LogP contribution in [0.4, 0.5) is 0 Å². The van der Waals surface area contributed by atoms with E-state index in [0.717, 1.165) is 38.3 Å². The first-order valence-electron chi connectivity index (χ1n) is 6.42. The summed E-state index contributed by atoms with van der Waals surface area (Å²) in [5.74, 6) is 1.02. The molecule has 0 saturated carbocycles. The molecule has 92 valence electrons. The fraction of sp³-hybridized carbons (Fsp3) is 0.571. The van der Waals surface area contributed by atoms with Crippen LogP contribution in [0.2, 0.25) is 0 Å². The Hall–Kier alpha value is -1.06. The Balaban J connectivity index is 1.94. The Morgan fingerprint density at radius 2 is 2.29 bits per heavy atom. The number of hydrogen-bond donors (Lipinski definition) is 1. The molecule has 0 bridgehead atoms. The highest BCUT2D eigenvalue weighted by Crippen LogP contribution is 2.42. The molecular weight excluding hydrogens is 214 g/mol. The van der Waals surface area contributed by atoms with Crippen LogP contribution in [0.5, 0.6) is 5.75 Å². The summed E-state index contributed by atoms with van der Waals surface area (Å²) in [5, 5.41) is 3.56. The molecule has 1 N–H and O–H groups in total. The van der Waals surface area contributed by atoms with Gasteiger partial charge in [-0.3, -0.25) is 0 Å². The molecule has 0 aromatic heterocycles. The van der Waals surface area contributed by atoms with E-state index in [0.29, 0.717) is 6.04 Å². The van der Waals surface area contributed by atoms with Gasteiger partial charge in [0.25, 0.3) is 0 Å². The average molecular weight is 233 g/mol. The van der Waals surface area contributed by atoms with Gasteiger partial charge >= 0.3 is 0 Å². The van der Waals surface area contributed by atoms with E-state index in [9.17, 15) is 0 Å². The van der Waals surface area contributed by atoms with E-state index in [4.69, 9.17) is 9.47 Å². The van der Waals surface area contributed by atoms with Crippen molar-refractivity contribution in [3.8, 4) is 5.75 Å². The lowest BCUT2D eigenvalue weighted by Gasteiger charge is -2.39. The van der Waals surface area contributed by atoms with Gasteiger partial charge < -0.3 is 14.8 Å². The van der Waals surface area contributed by atoms with Crippen molar-refractivity contribution >= 4 is 0 Å². The lowest BCUT2D eigenvalue weighted by atomic mass is 9.86. The Bertz CT molecular complexity index is 399. The summed E-state index contributed by atoms with van der Waals surface area (Å²) in [6, 6.07) is 8.74. The lowest BCUT2D eigenvalue weighted by molar-refractivity contribution is 0.0191. The third-order valence-electron chi connectivity index (χ3n) is 3.71. The van der Waals surface area contributed by atoms with Crippen LogP contribution < -0.4 is 10.1 Å². The van der Waals surface area contributed by atoms with E-state index in [1.807, 2.05) is 6.07 Å². The van der Waals surface area contributed by atoms with Crippen LogP contribution in [-0.2, 0) is 4.74 Å². The van der Waals surface area contributed by atoms with Gasteiger partial charge in [-0.25, -0.2) is 0 Å². The minimum Gasteiger partial charge on any atom is -0.484 e. The van der Waals surface area contributed by atoms with Gasteiger partial charge in [-0.1, -0.05) is 25.1 Å². The first-order valence-corrected chi connectivity index (χ1v) is 6.42. The molecule has 0 aliphatic carbocycles. The third kappa shape index (κ3) is 1.94. The zero-order valence-corrected chi connectivity index (χ0v) is 10.2. The molecule has 2 heterocycles. The Labute approximate surface area is 102 Å². The van der Waals surface area contributed by atoms with Gasteiger partial charge in [-0.2, -0.15) is 0 Å². The lowest BCUT2D eigenvalue weighted by Crippen LogP contribution is -2.44. The predicted molar refractivity (Wildman–Crippen MR) is 66.3 cm³/mol. The number of hydrogen-bond acceptors (Lipinski definition) is 3. The molecule has 2 unspecified atom stereocenters. The topological polar surface area (TPSA) is 30.5 Å². The fourth-order valence-corrected chi connectivity index (χ4v) is 2.88. The number of benzene rings is 1. The highest BCUT2D eigenvalue weighted by atomic mass is 16.6. The highest BCUT2D eigenvalue weighted by molar-refractivity contribution is 5.39. The van der Waals surface area contributed by atoms with Crippen molar-refractivity contribution in [1.82, 2.24) is 5.32 Å². The minimum atomic E-state index is -0.0960. The van der Waals surface area contributed by atoms with Crippen molar-refractivity contribution in [2.75, 3.05) is 19.8 Å². The van der Waals surface area contributed by atoms with Crippen LogP contribution >= 0.6 is 0 Å². The van der Waals surface area contributed by atoms with Crippen LogP contribution in [0.15, 0.2) is 24.3 Å². The van der Waals surface area contributed by atoms with Crippen molar-refractivity contribution < 1.29 is 9.47 Å².